The van der Waals surface area contributed by atoms with E-state index in [1.807, 2.05) is 31.2 Å². The third-order valence-corrected chi connectivity index (χ3v) is 4.54. The number of ether oxygens (including phenoxy) is 1. The zero-order chi connectivity index (χ0) is 18.0. The highest BCUT2D eigenvalue weighted by Crippen LogP contribution is 2.22. The van der Waals surface area contributed by atoms with Gasteiger partial charge in [0.2, 0.25) is 5.89 Å². The van der Waals surface area contributed by atoms with E-state index in [0.717, 1.165) is 28.2 Å². The summed E-state index contributed by atoms with van der Waals surface area (Å²) in [4.78, 5) is 23.5. The van der Waals surface area contributed by atoms with Crippen LogP contribution < -0.4 is 4.87 Å². The van der Waals surface area contributed by atoms with Crippen LogP contribution in [0.5, 0.6) is 0 Å². The molecule has 3 aromatic rings. The predicted molar refractivity (Wildman–Crippen MR) is 92.3 cm³/mol. The van der Waals surface area contributed by atoms with Gasteiger partial charge in [0.1, 0.15) is 6.54 Å². The SMILES string of the molecule is Cc1ccc(-c2nnc([C@@H](C)OC(=O)Cn3c(C)csc3=O)o2)cc1. The van der Waals surface area contributed by atoms with Gasteiger partial charge in [-0.15, -0.1) is 10.2 Å². The smallest absolute Gasteiger partial charge is 0.326 e. The number of aromatic nitrogens is 3. The van der Waals surface area contributed by atoms with E-state index < -0.39 is 12.1 Å². The third kappa shape index (κ3) is 3.85. The maximum absolute atomic E-state index is 12.0. The van der Waals surface area contributed by atoms with Crippen molar-refractivity contribution in [3.05, 3.63) is 56.5 Å². The largest absolute Gasteiger partial charge is 0.451 e. The van der Waals surface area contributed by atoms with Crippen LogP contribution in [0.1, 0.15) is 30.2 Å². The second kappa shape index (κ2) is 7.02. The first kappa shape index (κ1) is 17.1. The molecule has 1 atom stereocenters. The van der Waals surface area contributed by atoms with E-state index in [1.54, 1.807) is 19.2 Å². The maximum Gasteiger partial charge on any atom is 0.326 e. The van der Waals surface area contributed by atoms with Crippen LogP contribution in [0.15, 0.2) is 38.9 Å². The Morgan fingerprint density at radius 2 is 2.00 bits per heavy atom. The molecule has 0 radical (unpaired) electrons. The molecule has 0 unspecified atom stereocenters. The van der Waals surface area contributed by atoms with E-state index in [0.29, 0.717) is 5.89 Å². The van der Waals surface area contributed by atoms with Crippen LogP contribution in [-0.2, 0) is 16.1 Å². The fourth-order valence-corrected chi connectivity index (χ4v) is 2.96. The summed E-state index contributed by atoms with van der Waals surface area (Å²) in [7, 11) is 0. The first-order valence-electron chi connectivity index (χ1n) is 7.69. The van der Waals surface area contributed by atoms with Crippen LogP contribution in [0.25, 0.3) is 11.5 Å². The number of rotatable bonds is 5. The highest BCUT2D eigenvalue weighted by molar-refractivity contribution is 7.07. The quantitative estimate of drug-likeness (QED) is 0.651. The molecule has 0 amide bonds. The molecule has 1 aromatic carbocycles. The van der Waals surface area contributed by atoms with Crippen molar-refractivity contribution in [2.45, 2.75) is 33.4 Å². The summed E-state index contributed by atoms with van der Waals surface area (Å²) in [6.45, 7) is 5.26. The van der Waals surface area contributed by atoms with Gasteiger partial charge >= 0.3 is 10.8 Å². The van der Waals surface area contributed by atoms with Crippen molar-refractivity contribution < 1.29 is 13.9 Å². The van der Waals surface area contributed by atoms with Crippen molar-refractivity contribution in [2.24, 2.45) is 0 Å². The Labute approximate surface area is 147 Å². The summed E-state index contributed by atoms with van der Waals surface area (Å²) < 4.78 is 12.3. The topological polar surface area (TPSA) is 87.2 Å². The van der Waals surface area contributed by atoms with Crippen molar-refractivity contribution in [2.75, 3.05) is 0 Å². The number of aryl methyl sites for hydroxylation is 2. The van der Waals surface area contributed by atoms with E-state index in [-0.39, 0.29) is 17.3 Å². The Kier molecular flexibility index (Phi) is 4.80. The molecule has 0 aliphatic rings. The molecular formula is C17H17N3O4S. The van der Waals surface area contributed by atoms with Gasteiger partial charge in [-0.25, -0.2) is 0 Å². The van der Waals surface area contributed by atoms with Crippen LogP contribution in [0.4, 0.5) is 0 Å². The normalized spacial score (nSPS) is 12.1. The van der Waals surface area contributed by atoms with Gasteiger partial charge in [-0.3, -0.25) is 14.2 Å². The van der Waals surface area contributed by atoms with Gasteiger partial charge in [-0.2, -0.15) is 0 Å². The lowest BCUT2D eigenvalue weighted by Gasteiger charge is -2.10. The molecule has 130 valence electrons. The zero-order valence-corrected chi connectivity index (χ0v) is 14.9. The molecule has 0 aliphatic carbocycles. The molecule has 0 saturated heterocycles. The molecule has 0 fully saturated rings. The lowest BCUT2D eigenvalue weighted by Crippen LogP contribution is -2.23. The van der Waals surface area contributed by atoms with Crippen LogP contribution in [0, 0.1) is 13.8 Å². The Hall–Kier alpha value is -2.74. The molecule has 2 heterocycles. The van der Waals surface area contributed by atoms with Crippen molar-refractivity contribution in [3.8, 4) is 11.5 Å². The zero-order valence-electron chi connectivity index (χ0n) is 14.1. The summed E-state index contributed by atoms with van der Waals surface area (Å²) in [5.41, 5.74) is 2.65. The second-order valence-electron chi connectivity index (χ2n) is 5.67. The van der Waals surface area contributed by atoms with Crippen molar-refractivity contribution in [1.29, 1.82) is 0 Å². The minimum atomic E-state index is -0.700. The summed E-state index contributed by atoms with van der Waals surface area (Å²) in [6, 6.07) is 7.66. The maximum atomic E-state index is 12.0. The Balaban J connectivity index is 1.67. The van der Waals surface area contributed by atoms with Crippen LogP contribution in [-0.4, -0.2) is 20.7 Å². The van der Waals surface area contributed by atoms with Crippen LogP contribution in [0.2, 0.25) is 0 Å². The second-order valence-corrected chi connectivity index (χ2v) is 6.49. The standard InChI is InChI=1S/C17H17N3O4S/c1-10-4-6-13(7-5-10)16-19-18-15(24-16)12(3)23-14(21)8-20-11(2)9-25-17(20)22/h4-7,9,12H,8H2,1-3H3/t12-/m1/s1. The van der Waals surface area contributed by atoms with E-state index in [2.05, 4.69) is 10.2 Å². The van der Waals surface area contributed by atoms with Gasteiger partial charge < -0.3 is 9.15 Å². The van der Waals surface area contributed by atoms with Gasteiger partial charge in [0.25, 0.3) is 5.89 Å². The van der Waals surface area contributed by atoms with Gasteiger partial charge in [0, 0.05) is 16.6 Å². The van der Waals surface area contributed by atoms with E-state index in [4.69, 9.17) is 9.15 Å². The van der Waals surface area contributed by atoms with E-state index in [1.165, 1.54) is 4.57 Å². The molecule has 0 bridgehead atoms. The summed E-state index contributed by atoms with van der Waals surface area (Å²) in [6.07, 6.45) is -0.700. The van der Waals surface area contributed by atoms with E-state index in [9.17, 15) is 9.59 Å². The number of thiazole rings is 1. The number of hydrogen-bond donors (Lipinski definition) is 0. The molecule has 0 saturated carbocycles. The summed E-state index contributed by atoms with van der Waals surface area (Å²) >= 11 is 1.05. The summed E-state index contributed by atoms with van der Waals surface area (Å²) in [5, 5.41) is 9.63. The third-order valence-electron chi connectivity index (χ3n) is 3.66. The first-order valence-corrected chi connectivity index (χ1v) is 8.57. The molecule has 2 aromatic heterocycles. The fourth-order valence-electron chi connectivity index (χ4n) is 2.22. The molecule has 3 rings (SSSR count). The number of esters is 1. The first-order chi connectivity index (χ1) is 11.9. The molecule has 25 heavy (non-hydrogen) atoms. The molecule has 8 heteroatoms. The van der Waals surface area contributed by atoms with E-state index >= 15 is 0 Å². The van der Waals surface area contributed by atoms with Gasteiger partial charge in [-0.1, -0.05) is 29.0 Å². The predicted octanol–water partition coefficient (Wildman–Crippen LogP) is 2.88. The number of benzene rings is 1. The lowest BCUT2D eigenvalue weighted by atomic mass is 10.1. The van der Waals surface area contributed by atoms with Gasteiger partial charge in [-0.05, 0) is 32.9 Å². The monoisotopic (exact) mass is 359 g/mol. The molecule has 7 nitrogen and oxygen atoms in total. The van der Waals surface area contributed by atoms with Crippen LogP contribution in [0.3, 0.4) is 0 Å². The molecule has 0 aliphatic heterocycles. The van der Waals surface area contributed by atoms with Gasteiger partial charge in [0.05, 0.1) is 0 Å². The fraction of sp³-hybridized carbons (Fsp3) is 0.294. The summed E-state index contributed by atoms with van der Waals surface area (Å²) in [5.74, 6) is 0.0345. The average molecular weight is 359 g/mol. The Bertz CT molecular complexity index is 939. The number of carbonyl (C=O) groups excluding carboxylic acids is 1. The minimum Gasteiger partial charge on any atom is -0.451 e. The lowest BCUT2D eigenvalue weighted by molar-refractivity contribution is -0.150. The van der Waals surface area contributed by atoms with Crippen molar-refractivity contribution >= 4 is 17.3 Å². The highest BCUT2D eigenvalue weighted by atomic mass is 32.1. The number of carbonyl (C=O) groups is 1. The van der Waals surface area contributed by atoms with Crippen LogP contribution >= 0.6 is 11.3 Å². The molecule has 0 spiro atoms. The Morgan fingerprint density at radius 3 is 2.64 bits per heavy atom. The van der Waals surface area contributed by atoms with Crippen molar-refractivity contribution in [1.82, 2.24) is 14.8 Å². The minimum absolute atomic E-state index is 0.141. The van der Waals surface area contributed by atoms with Crippen molar-refractivity contribution in [3.63, 3.8) is 0 Å². The molecular weight excluding hydrogens is 342 g/mol. The number of hydrogen-bond acceptors (Lipinski definition) is 7. The molecule has 0 N–H and O–H groups in total. The Morgan fingerprint density at radius 1 is 1.28 bits per heavy atom. The average Bonchev–Trinajstić information content (AvgIpc) is 3.18. The number of nitrogens with zero attached hydrogens (tertiary/aromatic N) is 3. The highest BCUT2D eigenvalue weighted by Gasteiger charge is 2.20. The van der Waals surface area contributed by atoms with Gasteiger partial charge in [0.15, 0.2) is 6.10 Å².